The maximum absolute atomic E-state index is 10.6. The van der Waals surface area contributed by atoms with Crippen molar-refractivity contribution < 1.29 is 9.90 Å². The molecule has 1 atom stereocenters. The molecule has 0 saturated carbocycles. The molecule has 0 fully saturated rings. The number of hydrazone groups is 1. The van der Waals surface area contributed by atoms with Gasteiger partial charge in [0.2, 0.25) is 0 Å². The van der Waals surface area contributed by atoms with E-state index in [1.807, 2.05) is 0 Å². The Hall–Kier alpha value is -1.14. The monoisotopic (exact) mass is 144 g/mol. The fourth-order valence-electron chi connectivity index (χ4n) is 0.564. The third-order valence-corrected chi connectivity index (χ3v) is 1.20. The lowest BCUT2D eigenvalue weighted by molar-refractivity contribution is 0.0741. The molecule has 0 aromatic heterocycles. The molecular formula is C4H8N4O2. The molecule has 4 N–H and O–H groups in total. The highest BCUT2D eigenvalue weighted by molar-refractivity contribution is 5.92. The number of amides is 2. The van der Waals surface area contributed by atoms with Gasteiger partial charge in [-0.2, -0.15) is 5.10 Å². The highest BCUT2D eigenvalue weighted by atomic mass is 16.3. The molecule has 0 bridgehead atoms. The molecule has 10 heavy (non-hydrogen) atoms. The Bertz CT molecular complexity index is 190. The predicted molar refractivity (Wildman–Crippen MR) is 33.7 cm³/mol. The maximum Gasteiger partial charge on any atom is 0.354 e. The van der Waals surface area contributed by atoms with Gasteiger partial charge in [0.25, 0.3) is 0 Å². The maximum atomic E-state index is 10.6. The minimum absolute atomic E-state index is 0.363. The molecule has 2 amide bonds. The molecule has 0 aliphatic carbocycles. The van der Waals surface area contributed by atoms with Crippen LogP contribution in [0.3, 0.4) is 0 Å². The summed E-state index contributed by atoms with van der Waals surface area (Å²) < 4.78 is 0. The number of aliphatic hydroxyl groups excluding tert-OH is 1. The van der Waals surface area contributed by atoms with Crippen LogP contribution >= 0.6 is 0 Å². The molecule has 0 aromatic carbocycles. The first-order valence-corrected chi connectivity index (χ1v) is 2.69. The molecule has 56 valence electrons. The molecule has 0 spiro atoms. The molecule has 6 nitrogen and oxygen atoms in total. The summed E-state index contributed by atoms with van der Waals surface area (Å²) in [5.74, 6) is 5.10. The quantitative estimate of drug-likeness (QED) is 0.288. The van der Waals surface area contributed by atoms with Gasteiger partial charge in [0.15, 0.2) is 6.23 Å². The summed E-state index contributed by atoms with van der Waals surface area (Å²) in [6, 6.07) is -0.613. The number of carbonyl (C=O) groups excluding carboxylic acids is 1. The number of nitrogens with one attached hydrogen (secondary N) is 1. The lowest BCUT2D eigenvalue weighted by Gasteiger charge is -2.25. The average Bonchev–Trinajstić information content (AvgIpc) is 1.93. The zero-order chi connectivity index (χ0) is 7.72. The van der Waals surface area contributed by atoms with Crippen molar-refractivity contribution in [3.05, 3.63) is 0 Å². The Balaban J connectivity index is 2.80. The summed E-state index contributed by atoms with van der Waals surface area (Å²) in [4.78, 5) is 10.6. The van der Waals surface area contributed by atoms with Crippen molar-refractivity contribution in [3.8, 4) is 0 Å². The molecule has 0 saturated heterocycles. The summed E-state index contributed by atoms with van der Waals surface area (Å²) in [5.41, 5.74) is 2.46. The number of hydrazine groups is 1. The number of aliphatic hydroxyl groups is 1. The lowest BCUT2D eigenvalue weighted by Crippen LogP contribution is -2.55. The lowest BCUT2D eigenvalue weighted by atomic mass is 10.3. The van der Waals surface area contributed by atoms with Gasteiger partial charge in [-0.1, -0.05) is 0 Å². The van der Waals surface area contributed by atoms with Gasteiger partial charge in [-0.25, -0.2) is 21.1 Å². The average molecular weight is 144 g/mol. The van der Waals surface area contributed by atoms with Crippen molar-refractivity contribution in [1.29, 1.82) is 0 Å². The van der Waals surface area contributed by atoms with Gasteiger partial charge in [-0.05, 0) is 6.92 Å². The standard InChI is InChI=1S/C4H8N4O2/c1-2-3(9)8(5)4(10)7-6-2/h3,9H,5H2,1H3,(H,7,10). The van der Waals surface area contributed by atoms with Gasteiger partial charge in [-0.3, -0.25) is 0 Å². The van der Waals surface area contributed by atoms with Gasteiger partial charge in [0, 0.05) is 0 Å². The first-order chi connectivity index (χ1) is 4.63. The van der Waals surface area contributed by atoms with Crippen molar-refractivity contribution in [3.63, 3.8) is 0 Å². The highest BCUT2D eigenvalue weighted by Crippen LogP contribution is 1.97. The van der Waals surface area contributed by atoms with Crippen LogP contribution in [-0.4, -0.2) is 28.1 Å². The van der Waals surface area contributed by atoms with E-state index in [9.17, 15) is 4.79 Å². The third kappa shape index (κ3) is 0.937. The van der Waals surface area contributed by atoms with Crippen LogP contribution in [0.15, 0.2) is 5.10 Å². The molecule has 1 heterocycles. The largest absolute Gasteiger partial charge is 0.367 e. The van der Waals surface area contributed by atoms with Crippen molar-refractivity contribution in [2.45, 2.75) is 13.2 Å². The van der Waals surface area contributed by atoms with Crippen LogP contribution in [0.1, 0.15) is 6.92 Å². The number of urea groups is 1. The van der Waals surface area contributed by atoms with Gasteiger partial charge < -0.3 is 5.11 Å². The first kappa shape index (κ1) is 6.97. The molecular weight excluding hydrogens is 136 g/mol. The zero-order valence-corrected chi connectivity index (χ0v) is 5.40. The van der Waals surface area contributed by atoms with E-state index in [0.29, 0.717) is 10.7 Å². The van der Waals surface area contributed by atoms with E-state index in [0.717, 1.165) is 0 Å². The minimum atomic E-state index is -1.10. The van der Waals surface area contributed by atoms with E-state index >= 15 is 0 Å². The number of hydrogen-bond donors (Lipinski definition) is 3. The van der Waals surface area contributed by atoms with Gasteiger partial charge >= 0.3 is 6.03 Å². The first-order valence-electron chi connectivity index (χ1n) is 2.69. The second kappa shape index (κ2) is 2.24. The normalized spacial score (nSPS) is 25.9. The van der Waals surface area contributed by atoms with Crippen molar-refractivity contribution in [2.24, 2.45) is 10.9 Å². The van der Waals surface area contributed by atoms with Gasteiger partial charge in [0.1, 0.15) is 0 Å². The van der Waals surface area contributed by atoms with E-state index in [1.54, 1.807) is 6.92 Å². The molecule has 1 aliphatic rings. The van der Waals surface area contributed by atoms with Crippen molar-refractivity contribution in [1.82, 2.24) is 10.4 Å². The molecule has 6 heteroatoms. The topological polar surface area (TPSA) is 91.0 Å². The summed E-state index contributed by atoms with van der Waals surface area (Å²) in [6.45, 7) is 1.56. The van der Waals surface area contributed by atoms with Gasteiger partial charge in [0.05, 0.1) is 5.71 Å². The van der Waals surface area contributed by atoms with E-state index in [1.165, 1.54) is 0 Å². The van der Waals surface area contributed by atoms with Crippen LogP contribution in [0.2, 0.25) is 0 Å². The van der Waals surface area contributed by atoms with Crippen LogP contribution in [0.4, 0.5) is 4.79 Å². The van der Waals surface area contributed by atoms with Crippen LogP contribution in [0, 0.1) is 0 Å². The van der Waals surface area contributed by atoms with E-state index in [-0.39, 0.29) is 0 Å². The van der Waals surface area contributed by atoms with Crippen LogP contribution in [0.5, 0.6) is 0 Å². The molecule has 0 aromatic rings. The van der Waals surface area contributed by atoms with Crippen LogP contribution < -0.4 is 11.3 Å². The molecule has 0 radical (unpaired) electrons. The Morgan fingerprint density at radius 2 is 2.50 bits per heavy atom. The van der Waals surface area contributed by atoms with Crippen molar-refractivity contribution >= 4 is 11.7 Å². The van der Waals surface area contributed by atoms with E-state index in [2.05, 4.69) is 10.5 Å². The molecule has 1 rings (SSSR count). The fraction of sp³-hybridized carbons (Fsp3) is 0.500. The fourth-order valence-corrected chi connectivity index (χ4v) is 0.564. The highest BCUT2D eigenvalue weighted by Gasteiger charge is 2.24. The van der Waals surface area contributed by atoms with Crippen molar-refractivity contribution in [2.75, 3.05) is 0 Å². The SMILES string of the molecule is CC1=NNC(=O)N(N)C1O. The Morgan fingerprint density at radius 1 is 1.90 bits per heavy atom. The summed E-state index contributed by atoms with van der Waals surface area (Å²) >= 11 is 0. The second-order valence-corrected chi connectivity index (χ2v) is 1.95. The van der Waals surface area contributed by atoms with E-state index in [4.69, 9.17) is 10.9 Å². The summed E-state index contributed by atoms with van der Waals surface area (Å²) in [7, 11) is 0. The predicted octanol–water partition coefficient (Wildman–Crippen LogP) is -1.42. The minimum Gasteiger partial charge on any atom is -0.367 e. The van der Waals surface area contributed by atoms with Crippen LogP contribution in [-0.2, 0) is 0 Å². The number of rotatable bonds is 0. The Labute approximate surface area is 57.3 Å². The molecule has 1 aliphatic heterocycles. The summed E-state index contributed by atoms with van der Waals surface area (Å²) in [6.07, 6.45) is -1.10. The number of carbonyl (C=O) groups is 1. The Morgan fingerprint density at radius 3 is 3.00 bits per heavy atom. The zero-order valence-electron chi connectivity index (χ0n) is 5.40. The van der Waals surface area contributed by atoms with Crippen LogP contribution in [0.25, 0.3) is 0 Å². The number of hydrogen-bond acceptors (Lipinski definition) is 4. The third-order valence-electron chi connectivity index (χ3n) is 1.20. The number of nitrogens with zero attached hydrogens (tertiary/aromatic N) is 2. The van der Waals surface area contributed by atoms with E-state index < -0.39 is 12.3 Å². The number of nitrogens with two attached hydrogens (primary N) is 1. The Kier molecular flexibility index (Phi) is 1.56. The second-order valence-electron chi connectivity index (χ2n) is 1.95. The van der Waals surface area contributed by atoms with Gasteiger partial charge in [-0.15, -0.1) is 0 Å². The molecule has 1 unspecified atom stereocenters. The summed E-state index contributed by atoms with van der Waals surface area (Å²) in [5, 5.41) is 13.2. The smallest absolute Gasteiger partial charge is 0.354 e.